The summed E-state index contributed by atoms with van der Waals surface area (Å²) >= 11 is 5.95. The molecule has 0 atom stereocenters. The van der Waals surface area contributed by atoms with Gasteiger partial charge in [0.25, 0.3) is 5.91 Å². The van der Waals surface area contributed by atoms with E-state index in [1.54, 1.807) is 30.5 Å². The van der Waals surface area contributed by atoms with E-state index in [0.29, 0.717) is 16.4 Å². The lowest BCUT2D eigenvalue weighted by Gasteiger charge is -1.98. The molecule has 1 aromatic carbocycles. The molecule has 1 amide bonds. The number of carbonyl (C=O) groups is 1. The van der Waals surface area contributed by atoms with Crippen LogP contribution in [0.2, 0.25) is 5.02 Å². The standard InChI is InChI=1S/C13H10ClN3O/c1-7-6-15-12(16-7)5-10-9-4-8(14)2-3-11(9)17-13(10)18/h2-6H,1H3,(H,15,16)(H,17,18)/b10-5-. The van der Waals surface area contributed by atoms with E-state index in [2.05, 4.69) is 15.3 Å². The molecule has 0 saturated carbocycles. The number of H-pyrrole nitrogens is 1. The van der Waals surface area contributed by atoms with Crippen LogP contribution in [0, 0.1) is 6.92 Å². The zero-order chi connectivity index (χ0) is 12.7. The van der Waals surface area contributed by atoms with Crippen LogP contribution in [0.25, 0.3) is 11.6 Å². The number of benzene rings is 1. The number of fused-ring (bicyclic) bond motifs is 1. The highest BCUT2D eigenvalue weighted by Gasteiger charge is 2.24. The molecule has 0 bridgehead atoms. The minimum absolute atomic E-state index is 0.138. The largest absolute Gasteiger partial charge is 0.343 e. The number of carbonyl (C=O) groups excluding carboxylic acids is 1. The summed E-state index contributed by atoms with van der Waals surface area (Å²) in [5.41, 5.74) is 3.11. The highest BCUT2D eigenvalue weighted by atomic mass is 35.5. The van der Waals surface area contributed by atoms with Crippen molar-refractivity contribution in [2.75, 3.05) is 5.32 Å². The average molecular weight is 260 g/mol. The van der Waals surface area contributed by atoms with Crippen molar-refractivity contribution in [3.8, 4) is 0 Å². The first-order valence-corrected chi connectivity index (χ1v) is 5.86. The predicted octanol–water partition coefficient (Wildman–Crippen LogP) is 2.86. The first-order chi connectivity index (χ1) is 8.63. The molecule has 3 rings (SSSR count). The van der Waals surface area contributed by atoms with Crippen molar-refractivity contribution in [1.29, 1.82) is 0 Å². The number of nitrogens with one attached hydrogen (secondary N) is 2. The zero-order valence-electron chi connectivity index (χ0n) is 9.62. The fourth-order valence-electron chi connectivity index (χ4n) is 1.95. The first kappa shape index (κ1) is 11.0. The Morgan fingerprint density at radius 3 is 2.94 bits per heavy atom. The molecule has 4 nitrogen and oxygen atoms in total. The van der Waals surface area contributed by atoms with Gasteiger partial charge in [-0.1, -0.05) is 11.6 Å². The molecule has 1 aliphatic rings. The summed E-state index contributed by atoms with van der Waals surface area (Å²) in [4.78, 5) is 19.1. The molecule has 1 aromatic heterocycles. The Hall–Kier alpha value is -2.07. The van der Waals surface area contributed by atoms with Gasteiger partial charge in [-0.05, 0) is 31.2 Å². The normalized spacial score (nSPS) is 15.9. The van der Waals surface area contributed by atoms with Crippen LogP contribution in [0.5, 0.6) is 0 Å². The van der Waals surface area contributed by atoms with E-state index >= 15 is 0 Å². The van der Waals surface area contributed by atoms with Crippen molar-refractivity contribution < 1.29 is 4.79 Å². The highest BCUT2D eigenvalue weighted by Crippen LogP contribution is 2.34. The van der Waals surface area contributed by atoms with Crippen LogP contribution in [-0.4, -0.2) is 15.9 Å². The number of aryl methyl sites for hydroxylation is 1. The lowest BCUT2D eigenvalue weighted by atomic mass is 10.1. The van der Waals surface area contributed by atoms with Crippen LogP contribution in [0.15, 0.2) is 24.4 Å². The molecule has 0 fully saturated rings. The molecule has 0 radical (unpaired) electrons. The van der Waals surface area contributed by atoms with Gasteiger partial charge < -0.3 is 10.3 Å². The zero-order valence-corrected chi connectivity index (χ0v) is 10.4. The number of aromatic nitrogens is 2. The molecule has 90 valence electrons. The maximum absolute atomic E-state index is 11.9. The Labute approximate surface area is 109 Å². The number of hydrogen-bond acceptors (Lipinski definition) is 2. The smallest absolute Gasteiger partial charge is 0.256 e. The van der Waals surface area contributed by atoms with E-state index in [-0.39, 0.29) is 5.91 Å². The van der Waals surface area contributed by atoms with Crippen molar-refractivity contribution in [3.05, 3.63) is 46.5 Å². The molecular formula is C13H10ClN3O. The molecule has 2 heterocycles. The Balaban J connectivity index is 2.11. The number of rotatable bonds is 1. The predicted molar refractivity (Wildman–Crippen MR) is 71.3 cm³/mol. The third-order valence-corrected chi connectivity index (χ3v) is 3.00. The van der Waals surface area contributed by atoms with Crippen molar-refractivity contribution >= 4 is 34.8 Å². The Kier molecular flexibility index (Phi) is 2.45. The monoisotopic (exact) mass is 259 g/mol. The first-order valence-electron chi connectivity index (χ1n) is 5.48. The van der Waals surface area contributed by atoms with Crippen LogP contribution in [0.1, 0.15) is 17.1 Å². The molecular weight excluding hydrogens is 250 g/mol. The van der Waals surface area contributed by atoms with E-state index in [4.69, 9.17) is 11.6 Å². The third kappa shape index (κ3) is 1.80. The maximum Gasteiger partial charge on any atom is 0.256 e. The second-order valence-electron chi connectivity index (χ2n) is 4.15. The fourth-order valence-corrected chi connectivity index (χ4v) is 2.12. The van der Waals surface area contributed by atoms with E-state index in [1.165, 1.54) is 0 Å². The fraction of sp³-hybridized carbons (Fsp3) is 0.0769. The van der Waals surface area contributed by atoms with Gasteiger partial charge >= 0.3 is 0 Å². The SMILES string of the molecule is Cc1cnc(/C=C2\C(=O)Nc3ccc(Cl)cc32)[nH]1. The van der Waals surface area contributed by atoms with Crippen LogP contribution >= 0.6 is 11.6 Å². The van der Waals surface area contributed by atoms with Gasteiger partial charge in [0.1, 0.15) is 5.82 Å². The van der Waals surface area contributed by atoms with Gasteiger partial charge in [0, 0.05) is 28.2 Å². The second-order valence-corrected chi connectivity index (χ2v) is 4.59. The van der Waals surface area contributed by atoms with Crippen LogP contribution < -0.4 is 5.32 Å². The van der Waals surface area contributed by atoms with Gasteiger partial charge in [0.2, 0.25) is 0 Å². The van der Waals surface area contributed by atoms with Gasteiger partial charge in [0.15, 0.2) is 0 Å². The summed E-state index contributed by atoms with van der Waals surface area (Å²) in [6.07, 6.45) is 3.45. The van der Waals surface area contributed by atoms with E-state index in [1.807, 2.05) is 6.92 Å². The molecule has 2 aromatic rings. The summed E-state index contributed by atoms with van der Waals surface area (Å²) in [7, 11) is 0. The summed E-state index contributed by atoms with van der Waals surface area (Å²) in [6.45, 7) is 1.91. The number of halogens is 1. The molecule has 5 heteroatoms. The topological polar surface area (TPSA) is 57.8 Å². The van der Waals surface area contributed by atoms with Crippen LogP contribution in [0.3, 0.4) is 0 Å². The molecule has 2 N–H and O–H groups in total. The minimum atomic E-state index is -0.138. The summed E-state index contributed by atoms with van der Waals surface area (Å²) in [5, 5.41) is 3.40. The van der Waals surface area contributed by atoms with Gasteiger partial charge in [-0.15, -0.1) is 0 Å². The van der Waals surface area contributed by atoms with Gasteiger partial charge in [-0.25, -0.2) is 4.98 Å². The average Bonchev–Trinajstić information content (AvgIpc) is 2.86. The highest BCUT2D eigenvalue weighted by molar-refractivity contribution is 6.36. The van der Waals surface area contributed by atoms with Gasteiger partial charge in [-0.3, -0.25) is 4.79 Å². The summed E-state index contributed by atoms with van der Waals surface area (Å²) in [5.74, 6) is 0.520. The number of nitrogens with zero attached hydrogens (tertiary/aromatic N) is 1. The van der Waals surface area contributed by atoms with Crippen molar-refractivity contribution in [3.63, 3.8) is 0 Å². The van der Waals surface area contributed by atoms with Crippen molar-refractivity contribution in [1.82, 2.24) is 9.97 Å². The lowest BCUT2D eigenvalue weighted by molar-refractivity contribution is -0.110. The quantitative estimate of drug-likeness (QED) is 0.774. The summed E-state index contributed by atoms with van der Waals surface area (Å²) in [6, 6.07) is 5.32. The molecule has 0 unspecified atom stereocenters. The number of anilines is 1. The van der Waals surface area contributed by atoms with Crippen LogP contribution in [0.4, 0.5) is 5.69 Å². The number of imidazole rings is 1. The number of aromatic amines is 1. The van der Waals surface area contributed by atoms with E-state index in [9.17, 15) is 4.79 Å². The van der Waals surface area contributed by atoms with Gasteiger partial charge in [0.05, 0.1) is 5.57 Å². The van der Waals surface area contributed by atoms with E-state index in [0.717, 1.165) is 16.9 Å². The molecule has 1 aliphatic heterocycles. The molecule has 0 spiro atoms. The Morgan fingerprint density at radius 2 is 2.22 bits per heavy atom. The number of amides is 1. The summed E-state index contributed by atoms with van der Waals surface area (Å²) < 4.78 is 0. The second kappa shape index (κ2) is 3.99. The van der Waals surface area contributed by atoms with Gasteiger partial charge in [-0.2, -0.15) is 0 Å². The molecule has 0 saturated heterocycles. The molecule has 0 aliphatic carbocycles. The lowest BCUT2D eigenvalue weighted by Crippen LogP contribution is -2.03. The molecule has 18 heavy (non-hydrogen) atoms. The van der Waals surface area contributed by atoms with Crippen LogP contribution in [-0.2, 0) is 4.79 Å². The third-order valence-electron chi connectivity index (χ3n) is 2.77. The van der Waals surface area contributed by atoms with Crippen molar-refractivity contribution in [2.45, 2.75) is 6.92 Å². The Bertz CT molecular complexity index is 673. The maximum atomic E-state index is 11.9. The Morgan fingerprint density at radius 1 is 1.39 bits per heavy atom. The van der Waals surface area contributed by atoms with Crippen molar-refractivity contribution in [2.24, 2.45) is 0 Å². The number of hydrogen-bond donors (Lipinski definition) is 2. The minimum Gasteiger partial charge on any atom is -0.343 e. The van der Waals surface area contributed by atoms with E-state index < -0.39 is 0 Å².